The van der Waals surface area contributed by atoms with Crippen molar-refractivity contribution in [3.63, 3.8) is 0 Å². The zero-order valence-electron chi connectivity index (χ0n) is 16.7. The molecule has 32 heavy (non-hydrogen) atoms. The van der Waals surface area contributed by atoms with E-state index >= 15 is 0 Å². The van der Waals surface area contributed by atoms with Crippen molar-refractivity contribution in [1.29, 1.82) is 0 Å². The SMILES string of the molecule is CC1C=C(NC(=O)C(O)(CC2(c3ccc(Cl)cc3Cl)CCC2)C(F)(F)F)C(=O)C(=O)C1=O. The van der Waals surface area contributed by atoms with Gasteiger partial charge in [0.25, 0.3) is 17.5 Å². The highest BCUT2D eigenvalue weighted by molar-refractivity contribution is 6.68. The number of alkyl halides is 3. The minimum atomic E-state index is -5.41. The van der Waals surface area contributed by atoms with Gasteiger partial charge < -0.3 is 10.4 Å². The Morgan fingerprint density at radius 1 is 1.19 bits per heavy atom. The van der Waals surface area contributed by atoms with E-state index in [4.69, 9.17) is 23.2 Å². The predicted octanol–water partition coefficient (Wildman–Crippen LogP) is 3.46. The lowest BCUT2D eigenvalue weighted by Gasteiger charge is -2.47. The summed E-state index contributed by atoms with van der Waals surface area (Å²) in [6, 6.07) is 4.27. The molecule has 0 spiro atoms. The normalized spacial score (nSPS) is 22.7. The average molecular weight is 492 g/mol. The molecule has 1 fully saturated rings. The van der Waals surface area contributed by atoms with Gasteiger partial charge in [0.05, 0.1) is 5.70 Å². The maximum atomic E-state index is 14.0. The van der Waals surface area contributed by atoms with Crippen LogP contribution in [0.2, 0.25) is 10.0 Å². The number of aliphatic hydroxyl groups is 1. The number of amides is 1. The summed E-state index contributed by atoms with van der Waals surface area (Å²) in [5.41, 5.74) is -5.62. The number of nitrogens with one attached hydrogen (secondary N) is 1. The van der Waals surface area contributed by atoms with Crippen LogP contribution < -0.4 is 5.32 Å². The van der Waals surface area contributed by atoms with Gasteiger partial charge in [-0.2, -0.15) is 13.2 Å². The molecule has 11 heteroatoms. The van der Waals surface area contributed by atoms with E-state index in [1.807, 2.05) is 0 Å². The van der Waals surface area contributed by atoms with Gasteiger partial charge in [0, 0.05) is 27.8 Å². The zero-order chi connectivity index (χ0) is 24.1. The summed E-state index contributed by atoms with van der Waals surface area (Å²) in [6.45, 7) is 1.25. The molecule has 0 heterocycles. The van der Waals surface area contributed by atoms with E-state index in [9.17, 15) is 37.5 Å². The summed E-state index contributed by atoms with van der Waals surface area (Å²) in [5.74, 6) is -6.96. The van der Waals surface area contributed by atoms with E-state index in [1.165, 1.54) is 25.1 Å². The molecule has 0 bridgehead atoms. The number of carbonyl (C=O) groups is 4. The molecule has 2 N–H and O–H groups in total. The number of halogens is 5. The highest BCUT2D eigenvalue weighted by Gasteiger charge is 2.64. The highest BCUT2D eigenvalue weighted by Crippen LogP contribution is 2.53. The summed E-state index contributed by atoms with van der Waals surface area (Å²) in [6.07, 6.45) is -4.58. The molecule has 2 aliphatic rings. The fourth-order valence-corrected chi connectivity index (χ4v) is 4.64. The van der Waals surface area contributed by atoms with Crippen molar-refractivity contribution >= 4 is 46.5 Å². The monoisotopic (exact) mass is 491 g/mol. The van der Waals surface area contributed by atoms with Crippen LogP contribution in [0.3, 0.4) is 0 Å². The first-order chi connectivity index (χ1) is 14.7. The molecule has 6 nitrogen and oxygen atoms in total. The number of hydrogen-bond donors (Lipinski definition) is 2. The van der Waals surface area contributed by atoms with Gasteiger partial charge in [-0.05, 0) is 36.6 Å². The number of allylic oxidation sites excluding steroid dienone is 2. The van der Waals surface area contributed by atoms with Gasteiger partial charge in [0.1, 0.15) is 0 Å². The summed E-state index contributed by atoms with van der Waals surface area (Å²) < 4.78 is 42.0. The largest absolute Gasteiger partial charge is 0.426 e. The number of hydrogen-bond acceptors (Lipinski definition) is 5. The van der Waals surface area contributed by atoms with Crippen molar-refractivity contribution in [3.8, 4) is 0 Å². The van der Waals surface area contributed by atoms with E-state index in [0.29, 0.717) is 12.0 Å². The molecule has 2 unspecified atom stereocenters. The molecule has 1 saturated carbocycles. The second-order valence-corrected chi connectivity index (χ2v) is 8.98. The van der Waals surface area contributed by atoms with Crippen LogP contribution in [0.1, 0.15) is 38.2 Å². The summed E-state index contributed by atoms with van der Waals surface area (Å²) >= 11 is 12.1. The number of Topliss-reactive ketones (excluding diaryl/α,β-unsaturated/α-hetero) is 3. The zero-order valence-corrected chi connectivity index (χ0v) is 18.2. The molecule has 172 valence electrons. The second kappa shape index (κ2) is 8.28. The van der Waals surface area contributed by atoms with Gasteiger partial charge in [-0.15, -0.1) is 0 Å². The first-order valence-electron chi connectivity index (χ1n) is 9.63. The van der Waals surface area contributed by atoms with Gasteiger partial charge in [-0.3, -0.25) is 19.2 Å². The Balaban J connectivity index is 1.97. The highest BCUT2D eigenvalue weighted by atomic mass is 35.5. The fraction of sp³-hybridized carbons (Fsp3) is 0.429. The minimum Gasteiger partial charge on any atom is -0.373 e. The first-order valence-corrected chi connectivity index (χ1v) is 10.4. The van der Waals surface area contributed by atoms with E-state index in [1.54, 1.807) is 5.32 Å². The molecular formula is C21H18Cl2F3NO5. The number of ketones is 3. The van der Waals surface area contributed by atoms with Crippen molar-refractivity contribution in [1.82, 2.24) is 5.32 Å². The van der Waals surface area contributed by atoms with Gasteiger partial charge in [-0.1, -0.05) is 42.6 Å². The Bertz CT molecular complexity index is 1050. The number of carbonyl (C=O) groups excluding carboxylic acids is 4. The third kappa shape index (κ3) is 4.09. The quantitative estimate of drug-likeness (QED) is 0.614. The molecule has 3 rings (SSSR count). The summed E-state index contributed by atoms with van der Waals surface area (Å²) in [4.78, 5) is 48.0. The van der Waals surface area contributed by atoms with Gasteiger partial charge in [0.15, 0.2) is 0 Å². The van der Waals surface area contributed by atoms with Crippen LogP contribution in [0, 0.1) is 5.92 Å². The molecule has 1 aromatic rings. The van der Waals surface area contributed by atoms with E-state index < -0.39 is 58.5 Å². The second-order valence-electron chi connectivity index (χ2n) is 8.14. The van der Waals surface area contributed by atoms with Crippen LogP contribution in [-0.2, 0) is 24.6 Å². The maximum absolute atomic E-state index is 14.0. The van der Waals surface area contributed by atoms with Gasteiger partial charge in [0.2, 0.25) is 11.4 Å². The fourth-order valence-electron chi connectivity index (χ4n) is 4.03. The molecule has 2 atom stereocenters. The third-order valence-electron chi connectivity index (χ3n) is 6.01. The molecule has 0 aromatic heterocycles. The molecule has 2 aliphatic carbocycles. The lowest BCUT2D eigenvalue weighted by atomic mass is 9.59. The van der Waals surface area contributed by atoms with Crippen LogP contribution in [0.5, 0.6) is 0 Å². The van der Waals surface area contributed by atoms with Gasteiger partial charge in [-0.25, -0.2) is 0 Å². The third-order valence-corrected chi connectivity index (χ3v) is 6.55. The molecule has 1 amide bonds. The summed E-state index contributed by atoms with van der Waals surface area (Å²) in [5, 5.41) is 12.7. The Morgan fingerprint density at radius 3 is 2.31 bits per heavy atom. The molecule has 0 aliphatic heterocycles. The van der Waals surface area contributed by atoms with Crippen molar-refractivity contribution < 1.29 is 37.5 Å². The molecular weight excluding hydrogens is 474 g/mol. The van der Waals surface area contributed by atoms with Crippen LogP contribution in [0.15, 0.2) is 30.0 Å². The van der Waals surface area contributed by atoms with Crippen molar-refractivity contribution in [3.05, 3.63) is 45.6 Å². The number of rotatable bonds is 5. The predicted molar refractivity (Wildman–Crippen MR) is 108 cm³/mol. The Hall–Kier alpha value is -2.23. The molecule has 0 radical (unpaired) electrons. The number of benzene rings is 1. The lowest BCUT2D eigenvalue weighted by Crippen LogP contribution is -2.61. The van der Waals surface area contributed by atoms with E-state index in [2.05, 4.69) is 0 Å². The Kier molecular flexibility index (Phi) is 6.32. The maximum Gasteiger partial charge on any atom is 0.426 e. The smallest absolute Gasteiger partial charge is 0.373 e. The standard InChI is InChI=1S/C21H18Cl2F3NO5/c1-10-7-14(16(29)17(30)15(10)28)27-18(31)20(32,21(24,25)26)9-19(5-2-6-19)12-4-3-11(22)8-13(12)23/h3-4,7-8,10,32H,2,5-6,9H2,1H3,(H,27,31). The lowest BCUT2D eigenvalue weighted by molar-refractivity contribution is -0.259. The van der Waals surface area contributed by atoms with E-state index in [-0.39, 0.29) is 22.9 Å². The van der Waals surface area contributed by atoms with Gasteiger partial charge >= 0.3 is 6.18 Å². The average Bonchev–Trinajstić information content (AvgIpc) is 2.66. The van der Waals surface area contributed by atoms with Crippen LogP contribution in [-0.4, -0.2) is 40.1 Å². The van der Waals surface area contributed by atoms with Crippen molar-refractivity contribution in [2.24, 2.45) is 5.92 Å². The Labute approximate surface area is 190 Å². The van der Waals surface area contributed by atoms with Crippen LogP contribution >= 0.6 is 23.2 Å². The van der Waals surface area contributed by atoms with Crippen molar-refractivity contribution in [2.75, 3.05) is 0 Å². The van der Waals surface area contributed by atoms with E-state index in [0.717, 1.165) is 6.08 Å². The van der Waals surface area contributed by atoms with Crippen molar-refractivity contribution in [2.45, 2.75) is 49.8 Å². The Morgan fingerprint density at radius 2 is 1.81 bits per heavy atom. The first kappa shape index (κ1) is 24.4. The summed E-state index contributed by atoms with van der Waals surface area (Å²) in [7, 11) is 0. The topological polar surface area (TPSA) is 101 Å². The molecule has 0 saturated heterocycles. The minimum absolute atomic E-state index is 0.102. The van der Waals surface area contributed by atoms with Crippen LogP contribution in [0.25, 0.3) is 0 Å². The van der Waals surface area contributed by atoms with Crippen LogP contribution in [0.4, 0.5) is 13.2 Å². The molecule has 1 aromatic carbocycles.